The van der Waals surface area contributed by atoms with Crippen LogP contribution in [-0.4, -0.2) is 28.2 Å². The van der Waals surface area contributed by atoms with Crippen molar-refractivity contribution in [2.45, 2.75) is 19.8 Å². The van der Waals surface area contributed by atoms with E-state index in [1.165, 1.54) is 11.0 Å². The Morgan fingerprint density at radius 2 is 1.77 bits per heavy atom. The number of hydrogen-bond acceptors (Lipinski definition) is 5. The smallest absolute Gasteiger partial charge is 0.294 e. The molecule has 0 saturated carbocycles. The number of nitrogens with zero attached hydrogens (tertiary/aromatic N) is 2. The van der Waals surface area contributed by atoms with Crippen molar-refractivity contribution in [3.63, 3.8) is 0 Å². The Morgan fingerprint density at radius 3 is 2.43 bits per heavy atom. The Bertz CT molecular complexity index is 1190. The van der Waals surface area contributed by atoms with Crippen LogP contribution < -0.4 is 5.32 Å². The second-order valence-electron chi connectivity index (χ2n) is 7.05. The Hall–Kier alpha value is -3.26. The third kappa shape index (κ3) is 3.33. The van der Waals surface area contributed by atoms with Gasteiger partial charge in [0.15, 0.2) is 0 Å². The molecule has 0 aliphatic carbocycles. The quantitative estimate of drug-likeness (QED) is 0.287. The first-order chi connectivity index (χ1) is 14.4. The zero-order valence-electron chi connectivity index (χ0n) is 16.1. The molecule has 4 rings (SSSR count). The van der Waals surface area contributed by atoms with E-state index in [0.29, 0.717) is 28.4 Å². The van der Waals surface area contributed by atoms with E-state index in [0.717, 1.165) is 10.9 Å². The summed E-state index contributed by atoms with van der Waals surface area (Å²) in [5, 5.41) is 15.9. The van der Waals surface area contributed by atoms with Gasteiger partial charge in [0, 0.05) is 39.1 Å². The van der Waals surface area contributed by atoms with Crippen molar-refractivity contribution in [3.8, 4) is 0 Å². The maximum absolute atomic E-state index is 13.1. The summed E-state index contributed by atoms with van der Waals surface area (Å²) in [6, 6.07) is 13.5. The minimum Gasteiger partial charge on any atom is -0.349 e. The van der Waals surface area contributed by atoms with Crippen molar-refractivity contribution in [2.24, 2.45) is 0 Å². The molecule has 152 valence electrons. The predicted octanol–water partition coefficient (Wildman–Crippen LogP) is 5.65. The van der Waals surface area contributed by atoms with Crippen LogP contribution in [0, 0.1) is 10.1 Å². The van der Waals surface area contributed by atoms with Crippen LogP contribution in [0.4, 0.5) is 17.1 Å². The van der Waals surface area contributed by atoms with Gasteiger partial charge in [-0.05, 0) is 36.8 Å². The molecule has 0 fully saturated rings. The summed E-state index contributed by atoms with van der Waals surface area (Å²) >= 11 is 3.37. The average molecular weight is 468 g/mol. The zero-order valence-corrected chi connectivity index (χ0v) is 17.7. The number of halogens is 1. The highest BCUT2D eigenvalue weighted by atomic mass is 79.9. The SMILES string of the molecule is CCCCN1C(=O)c2cccc3c(Nc4ccc(Br)cc4)c([N+](=O)[O-])cc(c23)C1=O. The molecule has 2 amide bonds. The summed E-state index contributed by atoms with van der Waals surface area (Å²) in [7, 11) is 0. The molecule has 1 aliphatic rings. The van der Waals surface area contributed by atoms with Gasteiger partial charge in [-0.25, -0.2) is 0 Å². The maximum Gasteiger partial charge on any atom is 0.294 e. The lowest BCUT2D eigenvalue weighted by molar-refractivity contribution is -0.383. The molecular weight excluding hydrogens is 450 g/mol. The van der Waals surface area contributed by atoms with Crippen molar-refractivity contribution in [1.82, 2.24) is 4.90 Å². The average Bonchev–Trinajstić information content (AvgIpc) is 2.74. The van der Waals surface area contributed by atoms with Crippen LogP contribution in [0.1, 0.15) is 40.5 Å². The van der Waals surface area contributed by atoms with Gasteiger partial charge in [0.05, 0.1) is 10.5 Å². The molecule has 30 heavy (non-hydrogen) atoms. The Morgan fingerprint density at radius 1 is 1.07 bits per heavy atom. The molecule has 0 aromatic heterocycles. The van der Waals surface area contributed by atoms with Gasteiger partial charge in [-0.15, -0.1) is 0 Å². The molecule has 0 bridgehead atoms. The fraction of sp³-hybridized carbons (Fsp3) is 0.182. The van der Waals surface area contributed by atoms with Crippen LogP contribution in [0.5, 0.6) is 0 Å². The highest BCUT2D eigenvalue weighted by Gasteiger charge is 2.35. The summed E-state index contributed by atoms with van der Waals surface area (Å²) in [6.45, 7) is 2.26. The van der Waals surface area contributed by atoms with Crippen LogP contribution in [0.3, 0.4) is 0 Å². The third-order valence-corrected chi connectivity index (χ3v) is 5.67. The summed E-state index contributed by atoms with van der Waals surface area (Å²) in [4.78, 5) is 38.6. The van der Waals surface area contributed by atoms with E-state index in [-0.39, 0.29) is 29.4 Å². The van der Waals surface area contributed by atoms with Gasteiger partial charge in [0.25, 0.3) is 17.5 Å². The number of imide groups is 1. The number of hydrogen-bond donors (Lipinski definition) is 1. The molecule has 0 atom stereocenters. The van der Waals surface area contributed by atoms with Gasteiger partial charge in [0.2, 0.25) is 0 Å². The van der Waals surface area contributed by atoms with Gasteiger partial charge in [0.1, 0.15) is 5.69 Å². The summed E-state index contributed by atoms with van der Waals surface area (Å²) < 4.78 is 0.878. The van der Waals surface area contributed by atoms with E-state index in [1.54, 1.807) is 30.3 Å². The zero-order chi connectivity index (χ0) is 21.4. The predicted molar refractivity (Wildman–Crippen MR) is 118 cm³/mol. The third-order valence-electron chi connectivity index (χ3n) is 5.14. The standard InChI is InChI=1S/C22H18BrN3O4/c1-2-3-11-25-21(27)16-6-4-5-15-19(16)17(22(25)28)12-18(26(29)30)20(15)24-14-9-7-13(23)8-10-14/h4-10,12,24H,2-3,11H2,1H3. The molecule has 0 saturated heterocycles. The first-order valence-corrected chi connectivity index (χ1v) is 10.3. The number of benzene rings is 3. The maximum atomic E-state index is 13.1. The number of rotatable bonds is 6. The van der Waals surface area contributed by atoms with Gasteiger partial charge >= 0.3 is 0 Å². The second kappa shape index (κ2) is 7.87. The number of anilines is 2. The van der Waals surface area contributed by atoms with Crippen molar-refractivity contribution >= 4 is 55.6 Å². The van der Waals surface area contributed by atoms with Crippen molar-refractivity contribution in [1.29, 1.82) is 0 Å². The lowest BCUT2D eigenvalue weighted by atomic mass is 9.92. The molecule has 8 heteroatoms. The number of unbranched alkanes of at least 4 members (excludes halogenated alkanes) is 1. The Balaban J connectivity index is 1.94. The van der Waals surface area contributed by atoms with E-state index in [4.69, 9.17) is 0 Å². The number of nitrogens with one attached hydrogen (secondary N) is 1. The first-order valence-electron chi connectivity index (χ1n) is 9.55. The highest BCUT2D eigenvalue weighted by molar-refractivity contribution is 9.10. The number of amides is 2. The Labute approximate surface area is 181 Å². The molecule has 3 aromatic rings. The van der Waals surface area contributed by atoms with E-state index in [2.05, 4.69) is 21.2 Å². The molecule has 1 N–H and O–H groups in total. The lowest BCUT2D eigenvalue weighted by Crippen LogP contribution is -2.40. The van der Waals surface area contributed by atoms with E-state index < -0.39 is 10.8 Å². The molecule has 1 heterocycles. The monoisotopic (exact) mass is 467 g/mol. The lowest BCUT2D eigenvalue weighted by Gasteiger charge is -2.27. The minimum absolute atomic E-state index is 0.185. The fourth-order valence-corrected chi connectivity index (χ4v) is 3.94. The first kappa shape index (κ1) is 20.0. The number of carbonyl (C=O) groups excluding carboxylic acids is 2. The van der Waals surface area contributed by atoms with E-state index >= 15 is 0 Å². The van der Waals surface area contributed by atoms with Crippen LogP contribution in [-0.2, 0) is 0 Å². The molecule has 0 spiro atoms. The number of nitro benzene ring substituents is 1. The van der Waals surface area contributed by atoms with Gasteiger partial charge < -0.3 is 5.32 Å². The summed E-state index contributed by atoms with van der Waals surface area (Å²) in [5.41, 5.74) is 1.26. The van der Waals surface area contributed by atoms with Crippen molar-refractivity contribution < 1.29 is 14.5 Å². The summed E-state index contributed by atoms with van der Waals surface area (Å²) in [6.07, 6.45) is 1.50. The molecular formula is C22H18BrN3O4. The van der Waals surface area contributed by atoms with Crippen LogP contribution in [0.2, 0.25) is 0 Å². The summed E-state index contributed by atoms with van der Waals surface area (Å²) in [5.74, 6) is -0.856. The van der Waals surface area contributed by atoms with Gasteiger partial charge in [-0.3, -0.25) is 24.6 Å². The minimum atomic E-state index is -0.510. The second-order valence-corrected chi connectivity index (χ2v) is 7.97. The van der Waals surface area contributed by atoms with Gasteiger partial charge in [-0.2, -0.15) is 0 Å². The highest BCUT2D eigenvalue weighted by Crippen LogP contribution is 2.41. The molecule has 7 nitrogen and oxygen atoms in total. The van der Waals surface area contributed by atoms with Crippen LogP contribution >= 0.6 is 15.9 Å². The van der Waals surface area contributed by atoms with E-state index in [9.17, 15) is 19.7 Å². The normalized spacial score (nSPS) is 13.1. The van der Waals surface area contributed by atoms with E-state index in [1.807, 2.05) is 19.1 Å². The molecule has 1 aliphatic heterocycles. The number of carbonyl (C=O) groups is 2. The van der Waals surface area contributed by atoms with Crippen LogP contribution in [0.15, 0.2) is 53.0 Å². The van der Waals surface area contributed by atoms with Crippen molar-refractivity contribution in [3.05, 3.63) is 74.2 Å². The molecule has 3 aromatic carbocycles. The van der Waals surface area contributed by atoms with Crippen molar-refractivity contribution in [2.75, 3.05) is 11.9 Å². The largest absolute Gasteiger partial charge is 0.349 e. The number of nitro groups is 1. The molecule has 0 unspecified atom stereocenters. The van der Waals surface area contributed by atoms with Gasteiger partial charge in [-0.1, -0.05) is 41.4 Å². The fourth-order valence-electron chi connectivity index (χ4n) is 3.67. The topological polar surface area (TPSA) is 92.6 Å². The van der Waals surface area contributed by atoms with Crippen LogP contribution in [0.25, 0.3) is 10.8 Å². The molecule has 0 radical (unpaired) electrons. The Kier molecular flexibility index (Phi) is 5.26.